The third-order valence-corrected chi connectivity index (χ3v) is 3.99. The van der Waals surface area contributed by atoms with E-state index in [0.29, 0.717) is 0 Å². The average Bonchev–Trinajstić information content (AvgIpc) is 2.18. The van der Waals surface area contributed by atoms with Crippen molar-refractivity contribution in [2.24, 2.45) is 0 Å². The summed E-state index contributed by atoms with van der Waals surface area (Å²) in [7, 11) is 0.627. The standard InChI is InChI=1S/C7H14O6Si/c1-6(8)13-5-7(9)14(10-2,11-3)12-4/h5H2,1-4H3. The molecule has 0 aromatic heterocycles. The van der Waals surface area contributed by atoms with E-state index >= 15 is 0 Å². The van der Waals surface area contributed by atoms with E-state index in [1.54, 1.807) is 0 Å². The quantitative estimate of drug-likeness (QED) is 0.447. The number of hydrogen-bond donors (Lipinski definition) is 0. The first-order valence-corrected chi connectivity index (χ1v) is 5.57. The van der Waals surface area contributed by atoms with Crippen LogP contribution in [0.4, 0.5) is 0 Å². The zero-order chi connectivity index (χ0) is 11.2. The molecule has 0 aromatic rings. The Labute approximate surface area is 83.5 Å². The Hall–Kier alpha value is -0.763. The van der Waals surface area contributed by atoms with E-state index in [2.05, 4.69) is 4.74 Å². The van der Waals surface area contributed by atoms with Crippen molar-refractivity contribution in [3.05, 3.63) is 0 Å². The molecule has 0 atom stereocenters. The van der Waals surface area contributed by atoms with Crippen molar-refractivity contribution in [3.63, 3.8) is 0 Å². The van der Waals surface area contributed by atoms with Gasteiger partial charge in [0.25, 0.3) is 0 Å². The second-order valence-electron chi connectivity index (χ2n) is 2.37. The summed E-state index contributed by atoms with van der Waals surface area (Å²) in [5.74, 6) is -0.537. The second kappa shape index (κ2) is 5.86. The highest BCUT2D eigenvalue weighted by atomic mass is 28.4. The van der Waals surface area contributed by atoms with Gasteiger partial charge in [-0.3, -0.25) is 9.59 Å². The Morgan fingerprint density at radius 1 is 1.07 bits per heavy atom. The maximum atomic E-state index is 11.5. The van der Waals surface area contributed by atoms with Crippen molar-refractivity contribution < 1.29 is 27.6 Å². The lowest BCUT2D eigenvalue weighted by Gasteiger charge is -2.21. The van der Waals surface area contributed by atoms with E-state index in [0.717, 1.165) is 0 Å². The maximum absolute atomic E-state index is 11.5. The molecule has 6 nitrogen and oxygen atoms in total. The van der Waals surface area contributed by atoms with Crippen LogP contribution in [0.5, 0.6) is 0 Å². The maximum Gasteiger partial charge on any atom is 0.577 e. The van der Waals surface area contributed by atoms with E-state index in [9.17, 15) is 9.59 Å². The average molecular weight is 222 g/mol. The van der Waals surface area contributed by atoms with Crippen LogP contribution in [0.15, 0.2) is 0 Å². The Bertz CT molecular complexity index is 204. The highest BCUT2D eigenvalue weighted by Crippen LogP contribution is 2.07. The largest absolute Gasteiger partial charge is 0.577 e. The first-order valence-electron chi connectivity index (χ1n) is 3.84. The van der Waals surface area contributed by atoms with Crippen LogP contribution in [0.3, 0.4) is 0 Å². The molecule has 0 spiro atoms. The third kappa shape index (κ3) is 3.18. The molecule has 0 amide bonds. The minimum Gasteiger partial charge on any atom is -0.458 e. The predicted octanol–water partition coefficient (Wildman–Crippen LogP) is -0.464. The molecule has 0 aliphatic heterocycles. The zero-order valence-electron chi connectivity index (χ0n) is 8.66. The van der Waals surface area contributed by atoms with Crippen molar-refractivity contribution in [1.82, 2.24) is 0 Å². The summed E-state index contributed by atoms with van der Waals surface area (Å²) in [6.45, 7) is 0.819. The molecule has 0 bridgehead atoms. The summed E-state index contributed by atoms with van der Waals surface area (Å²) >= 11 is 0. The second-order valence-corrected chi connectivity index (χ2v) is 5.27. The van der Waals surface area contributed by atoms with E-state index in [1.807, 2.05) is 0 Å². The van der Waals surface area contributed by atoms with Gasteiger partial charge in [-0.15, -0.1) is 0 Å². The zero-order valence-corrected chi connectivity index (χ0v) is 9.66. The molecule has 0 aliphatic rings. The lowest BCUT2D eigenvalue weighted by Crippen LogP contribution is -2.53. The number of carbonyl (C=O) groups is 2. The van der Waals surface area contributed by atoms with Gasteiger partial charge in [0, 0.05) is 28.3 Å². The van der Waals surface area contributed by atoms with Crippen molar-refractivity contribution >= 4 is 20.2 Å². The van der Waals surface area contributed by atoms with E-state index in [1.165, 1.54) is 28.3 Å². The summed E-state index contributed by atoms with van der Waals surface area (Å²) in [5, 5.41) is -0.486. The van der Waals surface area contributed by atoms with Crippen LogP contribution in [-0.4, -0.2) is 48.1 Å². The molecule has 0 fully saturated rings. The molecule has 0 saturated heterocycles. The first kappa shape index (κ1) is 13.2. The topological polar surface area (TPSA) is 71.1 Å². The van der Waals surface area contributed by atoms with E-state index < -0.39 is 26.8 Å². The number of hydrogen-bond acceptors (Lipinski definition) is 6. The Morgan fingerprint density at radius 3 is 1.79 bits per heavy atom. The highest BCUT2D eigenvalue weighted by Gasteiger charge is 2.47. The summed E-state index contributed by atoms with van der Waals surface area (Å²) < 4.78 is 19.2. The fraction of sp³-hybridized carbons (Fsp3) is 0.714. The van der Waals surface area contributed by atoms with Crippen LogP contribution < -0.4 is 0 Å². The summed E-state index contributed by atoms with van der Waals surface area (Å²) in [6.07, 6.45) is 0. The van der Waals surface area contributed by atoms with Gasteiger partial charge < -0.3 is 18.0 Å². The monoisotopic (exact) mass is 222 g/mol. The van der Waals surface area contributed by atoms with E-state index in [-0.39, 0.29) is 0 Å². The van der Waals surface area contributed by atoms with Crippen LogP contribution in [0.1, 0.15) is 6.92 Å². The molecular weight excluding hydrogens is 208 g/mol. The molecule has 82 valence electrons. The minimum absolute atomic E-state index is 0.392. The van der Waals surface area contributed by atoms with Crippen LogP contribution >= 0.6 is 0 Å². The van der Waals surface area contributed by atoms with Gasteiger partial charge >= 0.3 is 14.8 Å². The molecular formula is C7H14O6Si. The fourth-order valence-electron chi connectivity index (χ4n) is 0.847. The van der Waals surface area contributed by atoms with Gasteiger partial charge in [0.05, 0.1) is 0 Å². The molecule has 14 heavy (non-hydrogen) atoms. The summed E-state index contributed by atoms with van der Waals surface area (Å²) in [6, 6.07) is 0. The Morgan fingerprint density at radius 2 is 1.50 bits per heavy atom. The molecule has 0 aromatic carbocycles. The number of ether oxygens (including phenoxy) is 1. The number of rotatable bonds is 6. The predicted molar refractivity (Wildman–Crippen MR) is 48.4 cm³/mol. The van der Waals surface area contributed by atoms with Crippen LogP contribution in [-0.2, 0) is 27.6 Å². The SMILES string of the molecule is CO[Si](OC)(OC)C(=O)COC(C)=O. The smallest absolute Gasteiger partial charge is 0.458 e. The van der Waals surface area contributed by atoms with Gasteiger partial charge in [-0.25, -0.2) is 0 Å². The molecule has 0 rings (SSSR count). The van der Waals surface area contributed by atoms with Crippen LogP contribution in [0.25, 0.3) is 0 Å². The summed E-state index contributed by atoms with van der Waals surface area (Å²) in [5.41, 5.74) is 0. The van der Waals surface area contributed by atoms with Crippen molar-refractivity contribution in [2.75, 3.05) is 27.9 Å². The number of carbonyl (C=O) groups excluding carboxylic acids is 2. The van der Waals surface area contributed by atoms with Crippen molar-refractivity contribution in [1.29, 1.82) is 0 Å². The lowest BCUT2D eigenvalue weighted by atomic mass is 10.7. The molecule has 0 radical (unpaired) electrons. The van der Waals surface area contributed by atoms with Gasteiger partial charge in [-0.1, -0.05) is 0 Å². The normalized spacial score (nSPS) is 11.1. The Balaban J connectivity index is 4.36. The highest BCUT2D eigenvalue weighted by molar-refractivity contribution is 6.92. The van der Waals surface area contributed by atoms with Gasteiger partial charge in [-0.2, -0.15) is 0 Å². The van der Waals surface area contributed by atoms with Gasteiger partial charge in [0.15, 0.2) is 6.61 Å². The third-order valence-electron chi connectivity index (χ3n) is 1.55. The minimum atomic E-state index is -3.30. The molecule has 0 saturated carbocycles. The number of esters is 1. The molecule has 0 N–H and O–H groups in total. The van der Waals surface area contributed by atoms with Crippen LogP contribution in [0, 0.1) is 0 Å². The van der Waals surface area contributed by atoms with Gasteiger partial charge in [0.1, 0.15) is 0 Å². The lowest BCUT2D eigenvalue weighted by molar-refractivity contribution is -0.145. The fourth-order valence-corrected chi connectivity index (χ4v) is 2.28. The van der Waals surface area contributed by atoms with Crippen molar-refractivity contribution in [2.45, 2.75) is 6.92 Å². The van der Waals surface area contributed by atoms with Crippen molar-refractivity contribution in [3.8, 4) is 0 Å². The molecule has 0 heterocycles. The first-order chi connectivity index (χ1) is 6.52. The molecule has 7 heteroatoms. The molecule has 0 aliphatic carbocycles. The van der Waals surface area contributed by atoms with Crippen LogP contribution in [0.2, 0.25) is 0 Å². The molecule has 0 unspecified atom stereocenters. The van der Waals surface area contributed by atoms with E-state index in [4.69, 9.17) is 13.3 Å². The summed E-state index contributed by atoms with van der Waals surface area (Å²) in [4.78, 5) is 21.9. The van der Waals surface area contributed by atoms with Gasteiger partial charge in [0.2, 0.25) is 5.41 Å². The van der Waals surface area contributed by atoms with Gasteiger partial charge in [-0.05, 0) is 0 Å². The Kier molecular flexibility index (Phi) is 5.54.